The molecule has 0 aliphatic carbocycles. The number of carbonyl (C=O) groups excluding carboxylic acids is 1. The molecule has 0 spiro atoms. The van der Waals surface area contributed by atoms with Crippen LogP contribution in [0.25, 0.3) is 20.8 Å². The Labute approximate surface area is 157 Å². The van der Waals surface area contributed by atoms with Gasteiger partial charge in [-0.25, -0.2) is 4.98 Å². The molecule has 1 saturated heterocycles. The van der Waals surface area contributed by atoms with Gasteiger partial charge in [-0.05, 0) is 43.7 Å². The molecule has 0 unspecified atom stereocenters. The van der Waals surface area contributed by atoms with Gasteiger partial charge in [0.25, 0.3) is 0 Å². The molecule has 1 aliphatic heterocycles. The maximum atomic E-state index is 13.7. The van der Waals surface area contributed by atoms with Crippen molar-refractivity contribution in [2.24, 2.45) is 0 Å². The number of nitrogens with one attached hydrogen (secondary N) is 2. The fourth-order valence-corrected chi connectivity index (χ4v) is 4.27. The Bertz CT molecular complexity index is 960. The molecular formula is C19H16F3N3OS. The maximum absolute atomic E-state index is 13.7. The minimum Gasteiger partial charge on any atom is -0.324 e. The number of carbonyl (C=O) groups is 1. The van der Waals surface area contributed by atoms with E-state index >= 15 is 0 Å². The summed E-state index contributed by atoms with van der Waals surface area (Å²) in [6.07, 6.45) is -3.02. The van der Waals surface area contributed by atoms with Crippen molar-refractivity contribution in [3.63, 3.8) is 0 Å². The molecule has 0 saturated carbocycles. The minimum atomic E-state index is -4.56. The number of thiazole rings is 1. The minimum absolute atomic E-state index is 0.0856. The molecule has 0 radical (unpaired) electrons. The fraction of sp³-hybridized carbons (Fsp3) is 0.263. The van der Waals surface area contributed by atoms with Gasteiger partial charge in [0, 0.05) is 5.56 Å². The monoisotopic (exact) mass is 391 g/mol. The van der Waals surface area contributed by atoms with E-state index in [1.165, 1.54) is 23.5 Å². The fourth-order valence-electron chi connectivity index (χ4n) is 3.23. The summed E-state index contributed by atoms with van der Waals surface area (Å²) in [5.41, 5.74) is -0.136. The topological polar surface area (TPSA) is 54.0 Å². The van der Waals surface area contributed by atoms with Crippen LogP contribution in [-0.4, -0.2) is 23.5 Å². The van der Waals surface area contributed by atoms with Crippen molar-refractivity contribution in [3.8, 4) is 10.6 Å². The van der Waals surface area contributed by atoms with Gasteiger partial charge in [0.15, 0.2) is 0 Å². The van der Waals surface area contributed by atoms with Crippen LogP contribution in [0.4, 0.5) is 18.9 Å². The number of benzene rings is 2. The van der Waals surface area contributed by atoms with Crippen LogP contribution in [0.1, 0.15) is 18.4 Å². The second-order valence-corrected chi connectivity index (χ2v) is 7.38. The zero-order valence-corrected chi connectivity index (χ0v) is 15.0. The van der Waals surface area contributed by atoms with Crippen molar-refractivity contribution in [2.75, 3.05) is 11.9 Å². The molecule has 1 aliphatic rings. The van der Waals surface area contributed by atoms with Crippen molar-refractivity contribution in [1.29, 1.82) is 0 Å². The zero-order valence-electron chi connectivity index (χ0n) is 14.1. The van der Waals surface area contributed by atoms with E-state index in [0.29, 0.717) is 11.9 Å². The second kappa shape index (κ2) is 6.94. The van der Waals surface area contributed by atoms with Crippen LogP contribution in [0, 0.1) is 0 Å². The normalized spacial score (nSPS) is 17.4. The number of halogens is 3. The lowest BCUT2D eigenvalue weighted by atomic mass is 10.0. The lowest BCUT2D eigenvalue weighted by Crippen LogP contribution is -2.35. The Kier molecular flexibility index (Phi) is 4.61. The summed E-state index contributed by atoms with van der Waals surface area (Å²) in [5, 5.41) is 5.96. The van der Waals surface area contributed by atoms with Crippen LogP contribution in [0.3, 0.4) is 0 Å². The van der Waals surface area contributed by atoms with Gasteiger partial charge in [0.2, 0.25) is 5.91 Å². The highest BCUT2D eigenvalue weighted by Crippen LogP contribution is 2.43. The average molecular weight is 391 g/mol. The summed E-state index contributed by atoms with van der Waals surface area (Å²) in [5.74, 6) is -0.325. The van der Waals surface area contributed by atoms with Crippen molar-refractivity contribution < 1.29 is 18.0 Å². The molecular weight excluding hydrogens is 375 g/mol. The Hall–Kier alpha value is -2.45. The van der Waals surface area contributed by atoms with E-state index in [9.17, 15) is 18.0 Å². The molecule has 3 aromatic rings. The number of rotatable bonds is 3. The van der Waals surface area contributed by atoms with Gasteiger partial charge in [0.05, 0.1) is 27.5 Å². The summed E-state index contributed by atoms with van der Waals surface area (Å²) in [6, 6.07) is 10.6. The number of hydrogen-bond donors (Lipinski definition) is 2. The van der Waals surface area contributed by atoms with Crippen LogP contribution in [-0.2, 0) is 11.0 Å². The highest BCUT2D eigenvalue weighted by atomic mass is 32.1. The van der Waals surface area contributed by atoms with E-state index in [4.69, 9.17) is 0 Å². The Morgan fingerprint density at radius 3 is 2.70 bits per heavy atom. The third kappa shape index (κ3) is 3.54. The molecule has 0 bridgehead atoms. The molecule has 1 amide bonds. The quantitative estimate of drug-likeness (QED) is 0.682. The lowest BCUT2D eigenvalue weighted by Gasteiger charge is -2.17. The third-order valence-electron chi connectivity index (χ3n) is 4.51. The van der Waals surface area contributed by atoms with Gasteiger partial charge in [-0.1, -0.05) is 18.2 Å². The third-order valence-corrected chi connectivity index (χ3v) is 5.57. The molecule has 1 atom stereocenters. The summed E-state index contributed by atoms with van der Waals surface area (Å²) in [6.45, 7) is 0.728. The Morgan fingerprint density at radius 1 is 1.19 bits per heavy atom. The van der Waals surface area contributed by atoms with E-state index in [1.807, 2.05) is 12.1 Å². The highest BCUT2D eigenvalue weighted by Gasteiger charge is 2.36. The summed E-state index contributed by atoms with van der Waals surface area (Å²) in [4.78, 5) is 16.8. The number of alkyl halides is 3. The molecule has 2 heterocycles. The number of fused-ring (bicyclic) bond motifs is 1. The first kappa shape index (κ1) is 17.9. The lowest BCUT2D eigenvalue weighted by molar-refractivity contribution is -0.137. The van der Waals surface area contributed by atoms with Gasteiger partial charge in [-0.2, -0.15) is 13.2 Å². The van der Waals surface area contributed by atoms with Gasteiger partial charge in [-0.15, -0.1) is 11.3 Å². The molecule has 1 fully saturated rings. The molecule has 4 nitrogen and oxygen atoms in total. The summed E-state index contributed by atoms with van der Waals surface area (Å²) >= 11 is 1.18. The summed E-state index contributed by atoms with van der Waals surface area (Å²) < 4.78 is 41.8. The molecule has 1 aromatic heterocycles. The average Bonchev–Trinajstić information content (AvgIpc) is 3.30. The number of anilines is 1. The standard InChI is InChI=1S/C19H16F3N3OS/c20-19(21,22)11-5-3-7-13(24-17(26)14-8-4-10-23-14)16(11)18-25-12-6-1-2-9-15(12)27-18/h1-3,5-7,9,14,23H,4,8,10H2,(H,24,26)/t14-/m1/s1. The number of para-hydroxylation sites is 1. The molecule has 4 rings (SSSR count). The highest BCUT2D eigenvalue weighted by molar-refractivity contribution is 7.21. The Balaban J connectivity index is 1.82. The first-order valence-corrected chi connectivity index (χ1v) is 9.35. The first-order chi connectivity index (χ1) is 12.9. The zero-order chi connectivity index (χ0) is 19.0. The van der Waals surface area contributed by atoms with Gasteiger partial charge in [-0.3, -0.25) is 4.79 Å². The predicted octanol–water partition coefficient (Wildman–Crippen LogP) is 4.67. The van der Waals surface area contributed by atoms with Gasteiger partial charge >= 0.3 is 6.18 Å². The van der Waals surface area contributed by atoms with Gasteiger partial charge in [0.1, 0.15) is 5.01 Å². The van der Waals surface area contributed by atoms with Crippen LogP contribution < -0.4 is 10.6 Å². The number of aromatic nitrogens is 1. The maximum Gasteiger partial charge on any atom is 0.417 e. The molecule has 2 aromatic carbocycles. The number of hydrogen-bond acceptors (Lipinski definition) is 4. The van der Waals surface area contributed by atoms with Crippen LogP contribution >= 0.6 is 11.3 Å². The van der Waals surface area contributed by atoms with E-state index in [-0.39, 0.29) is 28.2 Å². The molecule has 27 heavy (non-hydrogen) atoms. The first-order valence-electron chi connectivity index (χ1n) is 8.54. The van der Waals surface area contributed by atoms with Crippen LogP contribution in [0.15, 0.2) is 42.5 Å². The van der Waals surface area contributed by atoms with Crippen molar-refractivity contribution in [2.45, 2.75) is 25.1 Å². The van der Waals surface area contributed by atoms with Gasteiger partial charge < -0.3 is 10.6 Å². The van der Waals surface area contributed by atoms with E-state index in [0.717, 1.165) is 23.7 Å². The van der Waals surface area contributed by atoms with E-state index < -0.39 is 11.7 Å². The van der Waals surface area contributed by atoms with Crippen molar-refractivity contribution >= 4 is 33.1 Å². The smallest absolute Gasteiger partial charge is 0.324 e. The van der Waals surface area contributed by atoms with Crippen LogP contribution in [0.5, 0.6) is 0 Å². The molecule has 8 heteroatoms. The van der Waals surface area contributed by atoms with Crippen molar-refractivity contribution in [3.05, 3.63) is 48.0 Å². The second-order valence-electron chi connectivity index (χ2n) is 6.35. The van der Waals surface area contributed by atoms with E-state index in [2.05, 4.69) is 15.6 Å². The summed E-state index contributed by atoms with van der Waals surface area (Å²) in [7, 11) is 0. The SMILES string of the molecule is O=C(Nc1cccc(C(F)(F)F)c1-c1nc2ccccc2s1)[C@H]1CCCN1. The molecule has 140 valence electrons. The number of nitrogens with zero attached hydrogens (tertiary/aromatic N) is 1. The number of amides is 1. The van der Waals surface area contributed by atoms with Crippen LogP contribution in [0.2, 0.25) is 0 Å². The molecule has 2 N–H and O–H groups in total. The van der Waals surface area contributed by atoms with Crippen molar-refractivity contribution in [1.82, 2.24) is 10.3 Å². The van der Waals surface area contributed by atoms with E-state index in [1.54, 1.807) is 12.1 Å². The Morgan fingerprint density at radius 2 is 2.00 bits per heavy atom. The largest absolute Gasteiger partial charge is 0.417 e. The predicted molar refractivity (Wildman–Crippen MR) is 99.7 cm³/mol.